The third-order valence-electron chi connectivity index (χ3n) is 5.06. The number of nitrogens with one attached hydrogen (secondary N) is 1. The highest BCUT2D eigenvalue weighted by molar-refractivity contribution is 5.76. The molecule has 1 fully saturated rings. The molecule has 0 aromatic rings. The van der Waals surface area contributed by atoms with Crippen molar-refractivity contribution in [3.05, 3.63) is 0 Å². The summed E-state index contributed by atoms with van der Waals surface area (Å²) >= 11 is 0. The van der Waals surface area contributed by atoms with Crippen molar-refractivity contribution in [3.63, 3.8) is 0 Å². The van der Waals surface area contributed by atoms with E-state index in [9.17, 15) is 4.79 Å². The first-order valence-corrected chi connectivity index (χ1v) is 9.20. The molecule has 0 spiro atoms. The number of carbonyl (C=O) groups is 1. The first-order chi connectivity index (χ1) is 10.2. The Morgan fingerprint density at radius 3 is 2.43 bits per heavy atom. The Balaban J connectivity index is 2.32. The van der Waals surface area contributed by atoms with Gasteiger partial charge in [0.2, 0.25) is 5.91 Å². The number of rotatable bonds is 10. The number of hydrogen-bond donors (Lipinski definition) is 2. The van der Waals surface area contributed by atoms with Crippen LogP contribution in [0.5, 0.6) is 0 Å². The van der Waals surface area contributed by atoms with Crippen LogP contribution in [0.2, 0.25) is 0 Å². The van der Waals surface area contributed by atoms with Gasteiger partial charge in [0, 0.05) is 12.5 Å². The Bertz CT molecular complexity index is 268. The maximum Gasteiger partial charge on any atom is 0.220 e. The molecule has 1 aliphatic carbocycles. The van der Waals surface area contributed by atoms with Crippen LogP contribution in [-0.4, -0.2) is 18.5 Å². The van der Waals surface area contributed by atoms with Gasteiger partial charge in [-0.1, -0.05) is 46.0 Å². The molecule has 0 saturated heterocycles. The monoisotopic (exact) mass is 296 g/mol. The molecule has 0 aromatic heterocycles. The Morgan fingerprint density at radius 2 is 1.86 bits per heavy atom. The molecule has 3 heteroatoms. The minimum absolute atomic E-state index is 0.255. The highest BCUT2D eigenvalue weighted by Crippen LogP contribution is 2.28. The van der Waals surface area contributed by atoms with Crippen molar-refractivity contribution in [2.45, 2.75) is 90.5 Å². The van der Waals surface area contributed by atoms with Gasteiger partial charge in [-0.3, -0.25) is 4.79 Å². The van der Waals surface area contributed by atoms with Gasteiger partial charge in [-0.25, -0.2) is 0 Å². The number of amides is 1. The van der Waals surface area contributed by atoms with Gasteiger partial charge < -0.3 is 11.1 Å². The lowest BCUT2D eigenvalue weighted by molar-refractivity contribution is -0.122. The second-order valence-corrected chi connectivity index (χ2v) is 6.75. The Morgan fingerprint density at radius 1 is 1.14 bits per heavy atom. The van der Waals surface area contributed by atoms with E-state index in [1.807, 2.05) is 0 Å². The zero-order valence-corrected chi connectivity index (χ0v) is 14.2. The van der Waals surface area contributed by atoms with Crippen molar-refractivity contribution in [3.8, 4) is 0 Å². The fourth-order valence-electron chi connectivity index (χ4n) is 3.78. The number of carbonyl (C=O) groups excluding carboxylic acids is 1. The molecule has 2 atom stereocenters. The molecule has 1 saturated carbocycles. The predicted octanol–water partition coefficient (Wildman–Crippen LogP) is 4.01. The summed E-state index contributed by atoms with van der Waals surface area (Å²) in [6.45, 7) is 5.15. The SMILES string of the molecule is CCCC(CCN)CCC(=O)NC(CC)C1CCCCC1. The van der Waals surface area contributed by atoms with Crippen molar-refractivity contribution >= 4 is 5.91 Å². The lowest BCUT2D eigenvalue weighted by atomic mass is 9.83. The standard InChI is InChI=1S/C18H36N2O/c1-3-8-15(13-14-19)11-12-18(21)20-17(4-2)16-9-6-5-7-10-16/h15-17H,3-14,19H2,1-2H3,(H,20,21). The molecule has 1 amide bonds. The zero-order chi connectivity index (χ0) is 15.5. The molecule has 0 radical (unpaired) electrons. The van der Waals surface area contributed by atoms with Crippen LogP contribution in [0.25, 0.3) is 0 Å². The second-order valence-electron chi connectivity index (χ2n) is 6.75. The van der Waals surface area contributed by atoms with E-state index >= 15 is 0 Å². The summed E-state index contributed by atoms with van der Waals surface area (Å²) < 4.78 is 0. The van der Waals surface area contributed by atoms with E-state index in [1.54, 1.807) is 0 Å². The van der Waals surface area contributed by atoms with Crippen LogP contribution >= 0.6 is 0 Å². The Hall–Kier alpha value is -0.570. The fraction of sp³-hybridized carbons (Fsp3) is 0.944. The highest BCUT2D eigenvalue weighted by Gasteiger charge is 2.23. The molecule has 124 valence electrons. The number of hydrogen-bond acceptors (Lipinski definition) is 2. The van der Waals surface area contributed by atoms with E-state index in [2.05, 4.69) is 19.2 Å². The van der Waals surface area contributed by atoms with E-state index < -0.39 is 0 Å². The van der Waals surface area contributed by atoms with E-state index in [0.29, 0.717) is 24.3 Å². The van der Waals surface area contributed by atoms with Gasteiger partial charge in [-0.05, 0) is 50.5 Å². The van der Waals surface area contributed by atoms with Crippen LogP contribution in [0.15, 0.2) is 0 Å². The molecule has 1 aliphatic rings. The average molecular weight is 296 g/mol. The Kier molecular flexibility index (Phi) is 9.73. The largest absolute Gasteiger partial charge is 0.353 e. The average Bonchev–Trinajstić information content (AvgIpc) is 2.51. The summed E-state index contributed by atoms with van der Waals surface area (Å²) in [5.74, 6) is 1.59. The molecule has 0 heterocycles. The second kappa shape index (κ2) is 11.1. The van der Waals surface area contributed by atoms with Gasteiger partial charge in [0.15, 0.2) is 0 Å². The zero-order valence-electron chi connectivity index (χ0n) is 14.2. The third kappa shape index (κ3) is 7.30. The lowest BCUT2D eigenvalue weighted by Crippen LogP contribution is -2.40. The quantitative estimate of drug-likeness (QED) is 0.640. The topological polar surface area (TPSA) is 55.1 Å². The maximum atomic E-state index is 12.2. The smallest absolute Gasteiger partial charge is 0.220 e. The summed E-state index contributed by atoms with van der Waals surface area (Å²) in [5.41, 5.74) is 5.67. The van der Waals surface area contributed by atoms with Crippen LogP contribution < -0.4 is 11.1 Å². The van der Waals surface area contributed by atoms with Crippen LogP contribution in [0.1, 0.15) is 84.5 Å². The Labute approximate surface area is 131 Å². The summed E-state index contributed by atoms with van der Waals surface area (Å²) in [6.07, 6.45) is 12.8. The van der Waals surface area contributed by atoms with Crippen molar-refractivity contribution < 1.29 is 4.79 Å². The van der Waals surface area contributed by atoms with Crippen molar-refractivity contribution in [1.82, 2.24) is 5.32 Å². The summed E-state index contributed by atoms with van der Waals surface area (Å²) in [5, 5.41) is 3.31. The van der Waals surface area contributed by atoms with Crippen molar-refractivity contribution in [2.75, 3.05) is 6.54 Å². The minimum atomic E-state index is 0.255. The van der Waals surface area contributed by atoms with Crippen molar-refractivity contribution in [2.24, 2.45) is 17.6 Å². The van der Waals surface area contributed by atoms with Gasteiger partial charge in [-0.2, -0.15) is 0 Å². The van der Waals surface area contributed by atoms with E-state index in [1.165, 1.54) is 44.9 Å². The molecule has 2 unspecified atom stereocenters. The molecule has 3 nitrogen and oxygen atoms in total. The first-order valence-electron chi connectivity index (χ1n) is 9.20. The fourth-order valence-corrected chi connectivity index (χ4v) is 3.78. The van der Waals surface area contributed by atoms with Gasteiger partial charge in [0.25, 0.3) is 0 Å². The first kappa shape index (κ1) is 18.5. The van der Waals surface area contributed by atoms with Gasteiger partial charge in [0.05, 0.1) is 0 Å². The van der Waals surface area contributed by atoms with Crippen molar-refractivity contribution in [1.29, 1.82) is 0 Å². The van der Waals surface area contributed by atoms with Crippen LogP contribution in [0, 0.1) is 11.8 Å². The minimum Gasteiger partial charge on any atom is -0.353 e. The number of nitrogens with two attached hydrogens (primary N) is 1. The van der Waals surface area contributed by atoms with E-state index in [-0.39, 0.29) is 5.91 Å². The van der Waals surface area contributed by atoms with Gasteiger partial charge in [0.1, 0.15) is 0 Å². The summed E-state index contributed by atoms with van der Waals surface area (Å²) in [7, 11) is 0. The molecule has 1 rings (SSSR count). The third-order valence-corrected chi connectivity index (χ3v) is 5.06. The normalized spacial score (nSPS) is 19.2. The van der Waals surface area contributed by atoms with Crippen LogP contribution in [0.4, 0.5) is 0 Å². The van der Waals surface area contributed by atoms with E-state index in [4.69, 9.17) is 5.73 Å². The molecule has 0 aromatic carbocycles. The summed E-state index contributed by atoms with van der Waals surface area (Å²) in [6, 6.07) is 0.400. The van der Waals surface area contributed by atoms with Gasteiger partial charge in [-0.15, -0.1) is 0 Å². The maximum absolute atomic E-state index is 12.2. The molecular weight excluding hydrogens is 260 g/mol. The highest BCUT2D eigenvalue weighted by atomic mass is 16.1. The molecular formula is C18H36N2O. The predicted molar refractivity (Wildman–Crippen MR) is 90.1 cm³/mol. The summed E-state index contributed by atoms with van der Waals surface area (Å²) in [4.78, 5) is 12.2. The lowest BCUT2D eigenvalue weighted by Gasteiger charge is -2.30. The van der Waals surface area contributed by atoms with Gasteiger partial charge >= 0.3 is 0 Å². The molecule has 0 bridgehead atoms. The van der Waals surface area contributed by atoms with Crippen LogP contribution in [-0.2, 0) is 4.79 Å². The molecule has 3 N–H and O–H groups in total. The molecule has 21 heavy (non-hydrogen) atoms. The van der Waals surface area contributed by atoms with E-state index in [0.717, 1.165) is 25.8 Å². The molecule has 0 aliphatic heterocycles. The van der Waals surface area contributed by atoms with Crippen LogP contribution in [0.3, 0.4) is 0 Å².